The molecule has 2 aromatic heterocycles. The Morgan fingerprint density at radius 2 is 2.12 bits per heavy atom. The third-order valence-corrected chi connectivity index (χ3v) is 5.00. The number of amides is 1. The lowest BCUT2D eigenvalue weighted by Gasteiger charge is -2.34. The molecule has 0 aliphatic carbocycles. The number of nitrogens with zero attached hydrogens (tertiary/aromatic N) is 6. The summed E-state index contributed by atoms with van der Waals surface area (Å²) in [6.45, 7) is 5.80. The van der Waals surface area contributed by atoms with Gasteiger partial charge in [-0.15, -0.1) is 0 Å². The maximum Gasteiger partial charge on any atom is 0.272 e. The molecule has 1 aliphatic rings. The Morgan fingerprint density at radius 1 is 1.36 bits per heavy atom. The van der Waals surface area contributed by atoms with Gasteiger partial charge < -0.3 is 9.47 Å². The van der Waals surface area contributed by atoms with Crippen LogP contribution >= 0.6 is 0 Å². The van der Waals surface area contributed by atoms with Crippen molar-refractivity contribution >= 4 is 5.91 Å². The minimum absolute atomic E-state index is 0.0935. The SMILES string of the molecule is Cc1cc(C(=O)N(C)C)nc([C@]2(C)CCCN2Cc2nccn2C)n1. The second-order valence-electron chi connectivity index (χ2n) is 7.17. The largest absolute Gasteiger partial charge is 0.343 e. The molecule has 1 saturated heterocycles. The van der Waals surface area contributed by atoms with E-state index in [0.717, 1.165) is 43.3 Å². The molecular formula is C18H26N6O. The quantitative estimate of drug-likeness (QED) is 0.846. The highest BCUT2D eigenvalue weighted by molar-refractivity contribution is 5.92. The van der Waals surface area contributed by atoms with Gasteiger partial charge in [-0.1, -0.05) is 0 Å². The van der Waals surface area contributed by atoms with Gasteiger partial charge >= 0.3 is 0 Å². The molecule has 1 amide bonds. The van der Waals surface area contributed by atoms with Crippen LogP contribution in [-0.4, -0.2) is 55.9 Å². The molecule has 3 heterocycles. The lowest BCUT2D eigenvalue weighted by Crippen LogP contribution is -2.40. The van der Waals surface area contributed by atoms with Crippen molar-refractivity contribution in [2.75, 3.05) is 20.6 Å². The van der Waals surface area contributed by atoms with E-state index in [9.17, 15) is 4.79 Å². The Morgan fingerprint density at radius 3 is 2.76 bits per heavy atom. The van der Waals surface area contributed by atoms with E-state index in [1.165, 1.54) is 0 Å². The van der Waals surface area contributed by atoms with Crippen molar-refractivity contribution in [3.05, 3.63) is 41.5 Å². The molecule has 1 atom stereocenters. The van der Waals surface area contributed by atoms with E-state index >= 15 is 0 Å². The molecule has 0 spiro atoms. The van der Waals surface area contributed by atoms with Crippen molar-refractivity contribution in [2.45, 2.75) is 38.8 Å². The molecule has 0 N–H and O–H groups in total. The molecule has 3 rings (SSSR count). The normalized spacial score (nSPS) is 20.8. The van der Waals surface area contributed by atoms with Crippen LogP contribution in [0.2, 0.25) is 0 Å². The molecule has 0 bridgehead atoms. The smallest absolute Gasteiger partial charge is 0.272 e. The van der Waals surface area contributed by atoms with Gasteiger partial charge in [0.15, 0.2) is 0 Å². The monoisotopic (exact) mass is 342 g/mol. The molecule has 7 nitrogen and oxygen atoms in total. The van der Waals surface area contributed by atoms with E-state index in [-0.39, 0.29) is 11.4 Å². The maximum absolute atomic E-state index is 12.4. The topological polar surface area (TPSA) is 67.2 Å². The third-order valence-electron chi connectivity index (χ3n) is 5.00. The maximum atomic E-state index is 12.4. The molecular weight excluding hydrogens is 316 g/mol. The van der Waals surface area contributed by atoms with Crippen molar-refractivity contribution < 1.29 is 4.79 Å². The van der Waals surface area contributed by atoms with Crippen LogP contribution in [0.25, 0.3) is 0 Å². The van der Waals surface area contributed by atoms with Crippen LogP contribution in [0.5, 0.6) is 0 Å². The van der Waals surface area contributed by atoms with E-state index in [2.05, 4.69) is 26.8 Å². The molecule has 1 aliphatic heterocycles. The van der Waals surface area contributed by atoms with E-state index in [1.54, 1.807) is 25.1 Å². The van der Waals surface area contributed by atoms with Crippen LogP contribution in [0.1, 0.15) is 47.6 Å². The van der Waals surface area contributed by atoms with Crippen molar-refractivity contribution in [1.29, 1.82) is 0 Å². The van der Waals surface area contributed by atoms with Gasteiger partial charge in [0.1, 0.15) is 17.3 Å². The van der Waals surface area contributed by atoms with Gasteiger partial charge in [-0.3, -0.25) is 9.69 Å². The summed E-state index contributed by atoms with van der Waals surface area (Å²) < 4.78 is 2.04. The fourth-order valence-electron chi connectivity index (χ4n) is 3.39. The molecule has 0 radical (unpaired) electrons. The fraction of sp³-hybridized carbons (Fsp3) is 0.556. The number of aryl methyl sites for hydroxylation is 2. The summed E-state index contributed by atoms with van der Waals surface area (Å²) in [6.07, 6.45) is 5.82. The number of hydrogen-bond acceptors (Lipinski definition) is 5. The minimum atomic E-state index is -0.292. The molecule has 134 valence electrons. The highest BCUT2D eigenvalue weighted by Crippen LogP contribution is 2.37. The van der Waals surface area contributed by atoms with Gasteiger partial charge in [-0.05, 0) is 39.3 Å². The summed E-state index contributed by atoms with van der Waals surface area (Å²) in [7, 11) is 5.49. The number of likely N-dealkylation sites (tertiary alicyclic amines) is 1. The summed E-state index contributed by atoms with van der Waals surface area (Å²) in [5.74, 6) is 1.65. The first-order valence-electron chi connectivity index (χ1n) is 8.60. The van der Waals surface area contributed by atoms with E-state index in [1.807, 2.05) is 30.9 Å². The van der Waals surface area contributed by atoms with E-state index in [0.29, 0.717) is 5.69 Å². The zero-order valence-electron chi connectivity index (χ0n) is 15.7. The summed E-state index contributed by atoms with van der Waals surface area (Å²) in [5, 5.41) is 0. The number of aromatic nitrogens is 4. The van der Waals surface area contributed by atoms with E-state index < -0.39 is 0 Å². The molecule has 0 unspecified atom stereocenters. The zero-order valence-corrected chi connectivity index (χ0v) is 15.7. The van der Waals surface area contributed by atoms with Crippen LogP contribution < -0.4 is 0 Å². The summed E-state index contributed by atoms with van der Waals surface area (Å²) in [4.78, 5) is 30.0. The van der Waals surface area contributed by atoms with Crippen molar-refractivity contribution in [3.8, 4) is 0 Å². The Kier molecular flexibility index (Phi) is 4.60. The molecule has 0 saturated carbocycles. The van der Waals surface area contributed by atoms with Gasteiger partial charge in [0.2, 0.25) is 0 Å². The average molecular weight is 342 g/mol. The van der Waals surface area contributed by atoms with Gasteiger partial charge in [0.25, 0.3) is 5.91 Å². The highest BCUT2D eigenvalue weighted by Gasteiger charge is 2.41. The zero-order chi connectivity index (χ0) is 18.2. The third kappa shape index (κ3) is 3.28. The first kappa shape index (κ1) is 17.5. The predicted octanol–water partition coefficient (Wildman–Crippen LogP) is 1.73. The number of carbonyl (C=O) groups excluding carboxylic acids is 1. The Hall–Kier alpha value is -2.28. The van der Waals surface area contributed by atoms with Crippen LogP contribution in [0.3, 0.4) is 0 Å². The number of carbonyl (C=O) groups is 1. The van der Waals surface area contributed by atoms with Crippen LogP contribution in [-0.2, 0) is 19.1 Å². The summed E-state index contributed by atoms with van der Waals surface area (Å²) in [5.41, 5.74) is 0.983. The predicted molar refractivity (Wildman–Crippen MR) is 95.0 cm³/mol. The fourth-order valence-corrected chi connectivity index (χ4v) is 3.39. The Labute approximate surface area is 148 Å². The molecule has 25 heavy (non-hydrogen) atoms. The average Bonchev–Trinajstić information content (AvgIpc) is 3.14. The number of hydrogen-bond donors (Lipinski definition) is 0. The standard InChI is InChI=1S/C18H26N6O/c1-13-11-14(16(25)22(3)4)21-17(20-13)18(2)7-6-9-24(18)12-15-19-8-10-23(15)5/h8,10-11H,6-7,9,12H2,1-5H3/t18-/m0/s1. The molecule has 0 aromatic carbocycles. The van der Waals surface area contributed by atoms with Gasteiger partial charge in [0.05, 0.1) is 12.1 Å². The van der Waals surface area contributed by atoms with Gasteiger partial charge in [-0.2, -0.15) is 0 Å². The van der Waals surface area contributed by atoms with Gasteiger partial charge in [0, 0.05) is 39.2 Å². The number of imidazole rings is 1. The Balaban J connectivity index is 1.95. The second-order valence-corrected chi connectivity index (χ2v) is 7.17. The molecule has 1 fully saturated rings. The lowest BCUT2D eigenvalue weighted by molar-refractivity contribution is 0.0818. The lowest BCUT2D eigenvalue weighted by atomic mass is 9.97. The van der Waals surface area contributed by atoms with Crippen molar-refractivity contribution in [1.82, 2.24) is 29.3 Å². The van der Waals surface area contributed by atoms with Crippen molar-refractivity contribution in [3.63, 3.8) is 0 Å². The van der Waals surface area contributed by atoms with Crippen LogP contribution in [0.4, 0.5) is 0 Å². The molecule has 2 aromatic rings. The highest BCUT2D eigenvalue weighted by atomic mass is 16.2. The summed E-state index contributed by atoms with van der Waals surface area (Å²) in [6, 6.07) is 1.76. The van der Waals surface area contributed by atoms with E-state index in [4.69, 9.17) is 0 Å². The second kappa shape index (κ2) is 6.55. The van der Waals surface area contributed by atoms with Crippen molar-refractivity contribution in [2.24, 2.45) is 7.05 Å². The Bertz CT molecular complexity index is 784. The van der Waals surface area contributed by atoms with Crippen LogP contribution in [0.15, 0.2) is 18.5 Å². The van der Waals surface area contributed by atoms with Gasteiger partial charge in [-0.25, -0.2) is 15.0 Å². The first-order valence-corrected chi connectivity index (χ1v) is 8.60. The minimum Gasteiger partial charge on any atom is -0.343 e. The molecule has 7 heteroatoms. The summed E-state index contributed by atoms with van der Waals surface area (Å²) >= 11 is 0. The van der Waals surface area contributed by atoms with Crippen LogP contribution in [0, 0.1) is 6.92 Å². The first-order chi connectivity index (χ1) is 11.8. The number of rotatable bonds is 4.